The van der Waals surface area contributed by atoms with E-state index in [1.54, 1.807) is 19.2 Å². The molecule has 0 N–H and O–H groups in total. The minimum atomic E-state index is -3.59. The maximum Gasteiger partial charge on any atom is 0.236 e. The Morgan fingerprint density at radius 3 is 2.38 bits per heavy atom. The van der Waals surface area contributed by atoms with Gasteiger partial charge in [0, 0.05) is 28.9 Å². The van der Waals surface area contributed by atoms with E-state index in [-0.39, 0.29) is 5.75 Å². The normalized spacial score (nSPS) is 11.4. The van der Waals surface area contributed by atoms with Gasteiger partial charge >= 0.3 is 0 Å². The molecular formula is C10H13ClO4S. The lowest BCUT2D eigenvalue weighted by atomic mass is 10.1. The molecule has 0 heterocycles. The number of hydrogen-bond donors (Lipinski definition) is 0. The molecule has 0 aromatic heterocycles. The Morgan fingerprint density at radius 1 is 1.25 bits per heavy atom. The van der Waals surface area contributed by atoms with Crippen LogP contribution in [0, 0.1) is 0 Å². The Balaban J connectivity index is 3.13. The van der Waals surface area contributed by atoms with Crippen LogP contribution in [0.1, 0.15) is 11.1 Å². The zero-order chi connectivity index (χ0) is 12.2. The van der Waals surface area contributed by atoms with Gasteiger partial charge in [-0.15, -0.1) is 0 Å². The number of benzene rings is 1. The summed E-state index contributed by atoms with van der Waals surface area (Å²) in [5.41, 5.74) is 1.33. The predicted molar refractivity (Wildman–Crippen MR) is 62.2 cm³/mol. The summed E-state index contributed by atoms with van der Waals surface area (Å²) in [7, 11) is 4.67. The number of methoxy groups -OCH3 is 2. The van der Waals surface area contributed by atoms with E-state index < -0.39 is 9.05 Å². The topological polar surface area (TPSA) is 52.6 Å². The third-order valence-electron chi connectivity index (χ3n) is 2.01. The molecule has 0 radical (unpaired) electrons. The summed E-state index contributed by atoms with van der Waals surface area (Å²) in [4.78, 5) is 0. The van der Waals surface area contributed by atoms with Gasteiger partial charge in [0.15, 0.2) is 0 Å². The van der Waals surface area contributed by atoms with Crippen molar-refractivity contribution in [3.63, 3.8) is 0 Å². The molecule has 4 nitrogen and oxygen atoms in total. The molecule has 1 rings (SSSR count). The summed E-state index contributed by atoms with van der Waals surface area (Å²) in [6, 6.07) is 5.22. The highest BCUT2D eigenvalue weighted by atomic mass is 35.7. The molecule has 0 aliphatic heterocycles. The average molecular weight is 265 g/mol. The van der Waals surface area contributed by atoms with Gasteiger partial charge in [0.25, 0.3) is 0 Å². The molecule has 16 heavy (non-hydrogen) atoms. The van der Waals surface area contributed by atoms with Crippen LogP contribution in [0.15, 0.2) is 18.2 Å². The molecule has 0 bridgehead atoms. The van der Waals surface area contributed by atoms with Crippen LogP contribution in [-0.4, -0.2) is 22.6 Å². The fourth-order valence-corrected chi connectivity index (χ4v) is 2.42. The molecule has 0 fully saturated rings. The minimum Gasteiger partial charge on any atom is -0.496 e. The maximum atomic E-state index is 11.0. The lowest BCUT2D eigenvalue weighted by Gasteiger charge is -2.11. The van der Waals surface area contributed by atoms with Crippen molar-refractivity contribution in [2.24, 2.45) is 0 Å². The SMILES string of the molecule is COCc1cccc(CS(=O)(=O)Cl)c1OC. The van der Waals surface area contributed by atoms with Gasteiger partial charge in [-0.25, -0.2) is 8.42 Å². The van der Waals surface area contributed by atoms with Crippen LogP contribution in [0.5, 0.6) is 5.75 Å². The average Bonchev–Trinajstić information content (AvgIpc) is 2.16. The molecule has 0 aliphatic rings. The van der Waals surface area contributed by atoms with E-state index >= 15 is 0 Å². The van der Waals surface area contributed by atoms with Crippen LogP contribution < -0.4 is 4.74 Å². The van der Waals surface area contributed by atoms with Crippen molar-refractivity contribution in [1.29, 1.82) is 0 Å². The molecule has 0 atom stereocenters. The first kappa shape index (κ1) is 13.3. The molecule has 0 aliphatic carbocycles. The van der Waals surface area contributed by atoms with Gasteiger partial charge in [0.1, 0.15) is 5.75 Å². The van der Waals surface area contributed by atoms with Crippen molar-refractivity contribution in [3.05, 3.63) is 29.3 Å². The second kappa shape index (κ2) is 5.52. The van der Waals surface area contributed by atoms with Crippen molar-refractivity contribution in [2.45, 2.75) is 12.4 Å². The first-order chi connectivity index (χ1) is 7.48. The van der Waals surface area contributed by atoms with Gasteiger partial charge in [-0.1, -0.05) is 18.2 Å². The van der Waals surface area contributed by atoms with Crippen LogP contribution in [0.25, 0.3) is 0 Å². The third-order valence-corrected chi connectivity index (χ3v) is 2.99. The zero-order valence-corrected chi connectivity index (χ0v) is 10.6. The van der Waals surface area contributed by atoms with Gasteiger partial charge in [0.2, 0.25) is 9.05 Å². The van der Waals surface area contributed by atoms with E-state index in [4.69, 9.17) is 20.2 Å². The van der Waals surface area contributed by atoms with Crippen LogP contribution in [0.4, 0.5) is 0 Å². The van der Waals surface area contributed by atoms with Gasteiger partial charge in [-0.05, 0) is 0 Å². The fraction of sp³-hybridized carbons (Fsp3) is 0.400. The standard InChI is InChI=1S/C10H13ClO4S/c1-14-6-8-4-3-5-9(10(8)15-2)7-16(11,12)13/h3-5H,6-7H2,1-2H3. The van der Waals surface area contributed by atoms with Gasteiger partial charge in [-0.2, -0.15) is 0 Å². The van der Waals surface area contributed by atoms with Crippen LogP contribution in [-0.2, 0) is 26.1 Å². The van der Waals surface area contributed by atoms with E-state index in [0.717, 1.165) is 5.56 Å². The number of rotatable bonds is 5. The first-order valence-electron chi connectivity index (χ1n) is 4.54. The summed E-state index contributed by atoms with van der Waals surface area (Å²) < 4.78 is 32.2. The van der Waals surface area contributed by atoms with E-state index in [9.17, 15) is 8.42 Å². The molecule has 0 saturated heterocycles. The largest absolute Gasteiger partial charge is 0.496 e. The monoisotopic (exact) mass is 264 g/mol. The summed E-state index contributed by atoms with van der Waals surface area (Å²) in [5.74, 6) is 0.253. The minimum absolute atomic E-state index is 0.255. The van der Waals surface area contributed by atoms with Crippen LogP contribution in [0.3, 0.4) is 0 Å². The van der Waals surface area contributed by atoms with Crippen molar-refractivity contribution in [3.8, 4) is 5.75 Å². The number of hydrogen-bond acceptors (Lipinski definition) is 4. The number of ether oxygens (including phenoxy) is 2. The number of halogens is 1. The fourth-order valence-electron chi connectivity index (χ4n) is 1.47. The highest BCUT2D eigenvalue weighted by Crippen LogP contribution is 2.26. The van der Waals surface area contributed by atoms with E-state index in [1.165, 1.54) is 7.11 Å². The van der Waals surface area contributed by atoms with E-state index in [2.05, 4.69) is 0 Å². The van der Waals surface area contributed by atoms with Crippen molar-refractivity contribution >= 4 is 19.7 Å². The van der Waals surface area contributed by atoms with E-state index in [1.807, 2.05) is 6.07 Å². The summed E-state index contributed by atoms with van der Waals surface area (Å²) in [6.07, 6.45) is 0. The van der Waals surface area contributed by atoms with Gasteiger partial charge < -0.3 is 9.47 Å². The van der Waals surface area contributed by atoms with Gasteiger partial charge in [0.05, 0.1) is 19.5 Å². The molecule has 1 aromatic rings. The Bertz CT molecular complexity index is 456. The Labute approximate surface area is 99.6 Å². The second-order valence-electron chi connectivity index (χ2n) is 3.23. The number of para-hydroxylation sites is 1. The van der Waals surface area contributed by atoms with Crippen molar-refractivity contribution < 1.29 is 17.9 Å². The van der Waals surface area contributed by atoms with Crippen LogP contribution >= 0.6 is 10.7 Å². The summed E-state index contributed by atoms with van der Waals surface area (Å²) in [5, 5.41) is 0. The molecule has 90 valence electrons. The quantitative estimate of drug-likeness (QED) is 0.763. The highest BCUT2D eigenvalue weighted by molar-refractivity contribution is 8.13. The second-order valence-corrected chi connectivity index (χ2v) is 6.00. The predicted octanol–water partition coefficient (Wildman–Crippen LogP) is 1.91. The first-order valence-corrected chi connectivity index (χ1v) is 7.02. The molecule has 1 aromatic carbocycles. The Morgan fingerprint density at radius 2 is 1.88 bits per heavy atom. The molecule has 0 saturated carbocycles. The third kappa shape index (κ3) is 3.66. The highest BCUT2D eigenvalue weighted by Gasteiger charge is 2.14. The summed E-state index contributed by atoms with van der Waals surface area (Å²) in [6.45, 7) is 0.360. The summed E-state index contributed by atoms with van der Waals surface area (Å²) >= 11 is 0. The zero-order valence-electron chi connectivity index (χ0n) is 9.07. The lowest BCUT2D eigenvalue weighted by Crippen LogP contribution is -2.02. The van der Waals surface area contributed by atoms with Crippen molar-refractivity contribution in [2.75, 3.05) is 14.2 Å². The maximum absolute atomic E-state index is 11.0. The molecular weight excluding hydrogens is 252 g/mol. The molecule has 0 unspecified atom stereocenters. The Hall–Kier alpha value is -0.780. The van der Waals surface area contributed by atoms with Crippen molar-refractivity contribution in [1.82, 2.24) is 0 Å². The lowest BCUT2D eigenvalue weighted by molar-refractivity contribution is 0.181. The molecule has 0 spiro atoms. The molecule has 6 heteroatoms. The van der Waals surface area contributed by atoms with Gasteiger partial charge in [-0.3, -0.25) is 0 Å². The van der Waals surface area contributed by atoms with Crippen LogP contribution in [0.2, 0.25) is 0 Å². The smallest absolute Gasteiger partial charge is 0.236 e. The Kier molecular flexibility index (Phi) is 4.58. The van der Waals surface area contributed by atoms with E-state index in [0.29, 0.717) is 17.9 Å². The molecule has 0 amide bonds.